The summed E-state index contributed by atoms with van der Waals surface area (Å²) >= 11 is 0. The lowest BCUT2D eigenvalue weighted by molar-refractivity contribution is -0.125. The lowest BCUT2D eigenvalue weighted by Crippen LogP contribution is -2.44. The molecule has 1 fully saturated rings. The Hall–Kier alpha value is -3.95. The van der Waals surface area contributed by atoms with Crippen molar-refractivity contribution in [2.75, 3.05) is 24.7 Å². The van der Waals surface area contributed by atoms with Crippen LogP contribution in [0.4, 0.5) is 5.69 Å². The molecule has 0 unspecified atom stereocenters. The van der Waals surface area contributed by atoms with Gasteiger partial charge in [-0.2, -0.15) is 5.11 Å². The summed E-state index contributed by atoms with van der Waals surface area (Å²) in [6.45, 7) is 3.01. The average Bonchev–Trinajstić information content (AvgIpc) is 3.32. The molecule has 0 radical (unpaired) electrons. The van der Waals surface area contributed by atoms with Crippen LogP contribution in [0.3, 0.4) is 0 Å². The van der Waals surface area contributed by atoms with Gasteiger partial charge in [0.2, 0.25) is 5.91 Å². The van der Waals surface area contributed by atoms with Crippen LogP contribution in [0.1, 0.15) is 11.1 Å². The molecular weight excluding hydrogens is 414 g/mol. The van der Waals surface area contributed by atoms with Crippen molar-refractivity contribution in [1.29, 1.82) is 0 Å². The third kappa shape index (κ3) is 3.53. The average molecular weight is 435 g/mol. The monoisotopic (exact) mass is 435 g/mol. The number of amides is 3. The van der Waals surface area contributed by atoms with Crippen molar-refractivity contribution in [2.45, 2.75) is 25.6 Å². The van der Waals surface area contributed by atoms with E-state index >= 15 is 0 Å². The molecule has 3 heterocycles. The first-order valence-corrected chi connectivity index (χ1v) is 10.3. The smallest absolute Gasteiger partial charge is 0.263 e. The van der Waals surface area contributed by atoms with E-state index in [1.54, 1.807) is 18.2 Å². The fourth-order valence-corrected chi connectivity index (χ4v) is 3.89. The lowest BCUT2D eigenvalue weighted by atomic mass is 10.1. The first kappa shape index (κ1) is 20.0. The van der Waals surface area contributed by atoms with Crippen LogP contribution in [0, 0.1) is 6.92 Å². The van der Waals surface area contributed by atoms with Crippen molar-refractivity contribution in [3.05, 3.63) is 53.6 Å². The Balaban J connectivity index is 1.26. The minimum atomic E-state index is -0.972. The zero-order chi connectivity index (χ0) is 22.2. The standard InChI is InChI=1S/C22H21N5O5/c1-13-2-4-14(5-3-13)11-23-18(28)12-26-20-19(24-25-26)21(29)27(22(20)30)15-6-7-16-17(10-15)32-9-8-31-16/h2-7,10,19-20H,8-9,11-12H2,1H3,(H,23,28)/t19-,20+/m0/s1. The molecule has 0 saturated carbocycles. The van der Waals surface area contributed by atoms with E-state index in [0.717, 1.165) is 16.0 Å². The van der Waals surface area contributed by atoms with Crippen LogP contribution in [0.2, 0.25) is 0 Å². The van der Waals surface area contributed by atoms with Gasteiger partial charge >= 0.3 is 0 Å². The number of nitrogens with zero attached hydrogens (tertiary/aromatic N) is 4. The Morgan fingerprint density at radius 1 is 1.06 bits per heavy atom. The number of fused-ring (bicyclic) bond motifs is 2. The molecule has 0 bridgehead atoms. The third-order valence-electron chi connectivity index (χ3n) is 5.56. The third-order valence-corrected chi connectivity index (χ3v) is 5.56. The van der Waals surface area contributed by atoms with Crippen LogP contribution < -0.4 is 19.7 Å². The molecule has 164 valence electrons. The minimum Gasteiger partial charge on any atom is -0.486 e. The van der Waals surface area contributed by atoms with E-state index in [9.17, 15) is 14.4 Å². The fraction of sp³-hybridized carbons (Fsp3) is 0.318. The molecule has 1 N–H and O–H groups in total. The van der Waals surface area contributed by atoms with Gasteiger partial charge in [-0.3, -0.25) is 19.4 Å². The summed E-state index contributed by atoms with van der Waals surface area (Å²) in [4.78, 5) is 39.5. The molecule has 1 saturated heterocycles. The summed E-state index contributed by atoms with van der Waals surface area (Å²) in [5.74, 6) is -0.245. The Morgan fingerprint density at radius 2 is 1.81 bits per heavy atom. The first-order chi connectivity index (χ1) is 15.5. The summed E-state index contributed by atoms with van der Waals surface area (Å²) in [5, 5.41) is 11.9. The molecule has 10 nitrogen and oxygen atoms in total. The van der Waals surface area contributed by atoms with Gasteiger partial charge in [-0.15, -0.1) is 0 Å². The molecule has 2 atom stereocenters. The van der Waals surface area contributed by atoms with Crippen molar-refractivity contribution in [1.82, 2.24) is 10.3 Å². The normalized spacial score (nSPS) is 21.2. The summed E-state index contributed by atoms with van der Waals surface area (Å²) in [7, 11) is 0. The second kappa shape index (κ2) is 7.95. The Kier molecular flexibility index (Phi) is 4.96. The Bertz CT molecular complexity index is 1120. The second-order valence-corrected chi connectivity index (χ2v) is 7.79. The van der Waals surface area contributed by atoms with Gasteiger partial charge in [-0.25, -0.2) is 4.90 Å². The number of ether oxygens (including phenoxy) is 2. The zero-order valence-electron chi connectivity index (χ0n) is 17.4. The maximum atomic E-state index is 13.1. The van der Waals surface area contributed by atoms with Crippen LogP contribution >= 0.6 is 0 Å². The summed E-state index contributed by atoms with van der Waals surface area (Å²) in [5.41, 5.74) is 2.47. The number of rotatable bonds is 5. The largest absolute Gasteiger partial charge is 0.486 e. The van der Waals surface area contributed by atoms with Crippen molar-refractivity contribution in [2.24, 2.45) is 10.3 Å². The second-order valence-electron chi connectivity index (χ2n) is 7.79. The molecule has 5 rings (SSSR count). The molecule has 0 spiro atoms. The van der Waals surface area contributed by atoms with E-state index in [1.165, 1.54) is 5.01 Å². The van der Waals surface area contributed by atoms with Gasteiger partial charge < -0.3 is 14.8 Å². The first-order valence-electron chi connectivity index (χ1n) is 10.3. The molecule has 0 aromatic heterocycles. The van der Waals surface area contributed by atoms with Crippen LogP contribution in [0.25, 0.3) is 0 Å². The molecule has 32 heavy (non-hydrogen) atoms. The van der Waals surface area contributed by atoms with Crippen LogP contribution in [0.15, 0.2) is 52.8 Å². The zero-order valence-corrected chi connectivity index (χ0v) is 17.4. The van der Waals surface area contributed by atoms with Gasteiger partial charge in [0, 0.05) is 12.6 Å². The molecular formula is C22H21N5O5. The Labute approximate surface area is 183 Å². The van der Waals surface area contributed by atoms with Gasteiger partial charge in [-0.05, 0) is 24.6 Å². The van der Waals surface area contributed by atoms with Gasteiger partial charge in [0.15, 0.2) is 23.6 Å². The molecule has 3 aliphatic heterocycles. The summed E-state index contributed by atoms with van der Waals surface area (Å²) < 4.78 is 11.0. The highest BCUT2D eigenvalue weighted by Gasteiger charge is 2.55. The number of hydrogen-bond acceptors (Lipinski definition) is 8. The van der Waals surface area contributed by atoms with E-state index in [-0.39, 0.29) is 12.5 Å². The van der Waals surface area contributed by atoms with Crippen molar-refractivity contribution in [3.63, 3.8) is 0 Å². The van der Waals surface area contributed by atoms with E-state index < -0.39 is 23.9 Å². The van der Waals surface area contributed by atoms with Gasteiger partial charge in [0.1, 0.15) is 19.8 Å². The maximum absolute atomic E-state index is 13.1. The van der Waals surface area contributed by atoms with Crippen LogP contribution in [0.5, 0.6) is 11.5 Å². The van der Waals surface area contributed by atoms with Gasteiger partial charge in [0.25, 0.3) is 11.8 Å². The SMILES string of the molecule is Cc1ccc(CNC(=O)CN2N=N[C@@H]3C(=O)N(c4ccc5c(c4)OCCO5)C(=O)[C@@H]32)cc1. The van der Waals surface area contributed by atoms with Crippen LogP contribution in [-0.2, 0) is 20.9 Å². The number of carbonyl (C=O) groups excluding carboxylic acids is 3. The van der Waals surface area contributed by atoms with Crippen molar-refractivity contribution in [3.8, 4) is 11.5 Å². The number of nitrogens with one attached hydrogen (secondary N) is 1. The maximum Gasteiger partial charge on any atom is 0.263 e. The molecule has 2 aromatic rings. The highest BCUT2D eigenvalue weighted by atomic mass is 16.6. The summed E-state index contributed by atoms with van der Waals surface area (Å²) in [6.07, 6.45) is 0. The van der Waals surface area contributed by atoms with E-state index in [4.69, 9.17) is 9.47 Å². The highest BCUT2D eigenvalue weighted by Crippen LogP contribution is 2.37. The Morgan fingerprint density at radius 3 is 2.59 bits per heavy atom. The molecule has 3 aliphatic rings. The highest BCUT2D eigenvalue weighted by molar-refractivity contribution is 6.25. The number of aryl methyl sites for hydroxylation is 1. The predicted molar refractivity (Wildman–Crippen MR) is 112 cm³/mol. The van der Waals surface area contributed by atoms with E-state index in [1.807, 2.05) is 31.2 Å². The van der Waals surface area contributed by atoms with Crippen molar-refractivity contribution < 1.29 is 23.9 Å². The van der Waals surface area contributed by atoms with E-state index in [0.29, 0.717) is 36.9 Å². The van der Waals surface area contributed by atoms with E-state index in [2.05, 4.69) is 15.7 Å². The fourth-order valence-electron chi connectivity index (χ4n) is 3.89. The molecule has 3 amide bonds. The molecule has 2 aromatic carbocycles. The molecule has 0 aliphatic carbocycles. The van der Waals surface area contributed by atoms with Gasteiger partial charge in [-0.1, -0.05) is 35.1 Å². The van der Waals surface area contributed by atoms with Gasteiger partial charge in [0.05, 0.1) is 5.69 Å². The number of imide groups is 1. The number of hydrogen-bond donors (Lipinski definition) is 1. The quantitative estimate of drug-likeness (QED) is 0.710. The topological polar surface area (TPSA) is 113 Å². The lowest BCUT2D eigenvalue weighted by Gasteiger charge is -2.22. The number of carbonyl (C=O) groups is 3. The summed E-state index contributed by atoms with van der Waals surface area (Å²) in [6, 6.07) is 10.8. The van der Waals surface area contributed by atoms with Crippen LogP contribution in [-0.4, -0.2) is 54.6 Å². The number of benzene rings is 2. The number of anilines is 1. The predicted octanol–water partition coefficient (Wildman–Crippen LogP) is 1.38. The molecule has 10 heteroatoms. The minimum absolute atomic E-state index is 0.176. The van der Waals surface area contributed by atoms with Crippen molar-refractivity contribution >= 4 is 23.4 Å².